The highest BCUT2D eigenvalue weighted by molar-refractivity contribution is 5.97. The van der Waals surface area contributed by atoms with E-state index in [1.54, 1.807) is 24.5 Å². The van der Waals surface area contributed by atoms with Gasteiger partial charge in [-0.25, -0.2) is 5.43 Å². The maximum Gasteiger partial charge on any atom is 0.271 e. The lowest BCUT2D eigenvalue weighted by atomic mass is 9.45. The Bertz CT molecular complexity index is 806. The fourth-order valence-corrected chi connectivity index (χ4v) is 7.95. The molecule has 1 N–H and O–H groups in total. The first kappa shape index (κ1) is 19.3. The Balaban J connectivity index is 1.34. The quantitative estimate of drug-likeness (QED) is 0.665. The van der Waals surface area contributed by atoms with Crippen LogP contribution >= 0.6 is 0 Å². The highest BCUT2D eigenvalue weighted by Crippen LogP contribution is 2.65. The molecule has 4 nitrogen and oxygen atoms in total. The van der Waals surface area contributed by atoms with Crippen LogP contribution in [0.3, 0.4) is 0 Å². The van der Waals surface area contributed by atoms with Crippen LogP contribution in [0.25, 0.3) is 0 Å². The summed E-state index contributed by atoms with van der Waals surface area (Å²) in [5.74, 6) is 3.35. The summed E-state index contributed by atoms with van der Waals surface area (Å²) in [7, 11) is 0. The Morgan fingerprint density at radius 3 is 2.69 bits per heavy atom. The van der Waals surface area contributed by atoms with Gasteiger partial charge < -0.3 is 0 Å². The fourth-order valence-electron chi connectivity index (χ4n) is 7.95. The van der Waals surface area contributed by atoms with Gasteiger partial charge in [-0.05, 0) is 92.6 Å². The van der Waals surface area contributed by atoms with Crippen molar-refractivity contribution < 1.29 is 4.79 Å². The average molecular weight is 394 g/mol. The van der Waals surface area contributed by atoms with Gasteiger partial charge in [-0.1, -0.05) is 26.7 Å². The van der Waals surface area contributed by atoms with Crippen molar-refractivity contribution in [2.45, 2.75) is 78.1 Å². The summed E-state index contributed by atoms with van der Waals surface area (Å²) in [6, 6.07) is 3.48. The SMILES string of the molecule is C[C@]12CCCC[C@@H]1CC[C@@H]1[C@@H]2CC[C@]2(C)C(=NNC(=O)c3ccncc3)CC[C@@H]12. The van der Waals surface area contributed by atoms with Gasteiger partial charge in [0.15, 0.2) is 0 Å². The molecule has 4 fully saturated rings. The lowest BCUT2D eigenvalue weighted by Gasteiger charge is -2.59. The van der Waals surface area contributed by atoms with E-state index in [1.807, 2.05) is 0 Å². The second-order valence-electron chi connectivity index (χ2n) is 10.6. The second kappa shape index (κ2) is 7.21. The second-order valence-corrected chi connectivity index (χ2v) is 10.6. The molecule has 1 amide bonds. The van der Waals surface area contributed by atoms with E-state index in [4.69, 9.17) is 0 Å². The molecule has 0 aromatic carbocycles. The number of fused-ring (bicyclic) bond motifs is 5. The van der Waals surface area contributed by atoms with Crippen molar-refractivity contribution in [1.29, 1.82) is 0 Å². The topological polar surface area (TPSA) is 54.4 Å². The molecule has 1 heterocycles. The summed E-state index contributed by atoms with van der Waals surface area (Å²) in [5.41, 5.74) is 5.45. The summed E-state index contributed by atoms with van der Waals surface area (Å²) in [6.45, 7) is 5.07. The Morgan fingerprint density at radius 1 is 1.03 bits per heavy atom. The molecule has 0 aliphatic heterocycles. The Hall–Kier alpha value is -1.71. The maximum atomic E-state index is 12.4. The van der Waals surface area contributed by atoms with Crippen LogP contribution in [-0.4, -0.2) is 16.6 Å². The number of carbonyl (C=O) groups is 1. The number of hydrogen-bond acceptors (Lipinski definition) is 3. The number of carbonyl (C=O) groups excluding carboxylic acids is 1. The zero-order valence-electron chi connectivity index (χ0n) is 18.0. The third kappa shape index (κ3) is 3.05. The zero-order chi connectivity index (χ0) is 20.1. The molecule has 29 heavy (non-hydrogen) atoms. The molecule has 0 saturated heterocycles. The molecule has 6 atom stereocenters. The Kier molecular flexibility index (Phi) is 4.79. The fraction of sp³-hybridized carbons (Fsp3) is 0.720. The van der Waals surface area contributed by atoms with E-state index in [0.29, 0.717) is 11.0 Å². The number of rotatable bonds is 2. The molecule has 4 heteroatoms. The minimum atomic E-state index is -0.129. The van der Waals surface area contributed by atoms with Crippen molar-refractivity contribution in [3.8, 4) is 0 Å². The number of amides is 1. The first-order valence-corrected chi connectivity index (χ1v) is 11.8. The summed E-state index contributed by atoms with van der Waals surface area (Å²) < 4.78 is 0. The van der Waals surface area contributed by atoms with Crippen LogP contribution < -0.4 is 5.43 Å². The molecule has 4 aliphatic rings. The molecular weight excluding hydrogens is 358 g/mol. The molecule has 0 spiro atoms. The van der Waals surface area contributed by atoms with Crippen molar-refractivity contribution in [2.75, 3.05) is 0 Å². The van der Waals surface area contributed by atoms with Crippen LogP contribution in [0.5, 0.6) is 0 Å². The van der Waals surface area contributed by atoms with Crippen LogP contribution in [0, 0.1) is 34.5 Å². The van der Waals surface area contributed by atoms with Crippen molar-refractivity contribution >= 4 is 11.6 Å². The van der Waals surface area contributed by atoms with Crippen molar-refractivity contribution in [1.82, 2.24) is 10.4 Å². The highest BCUT2D eigenvalue weighted by atomic mass is 16.2. The van der Waals surface area contributed by atoms with Gasteiger partial charge in [-0.15, -0.1) is 0 Å². The third-order valence-electron chi connectivity index (χ3n) is 9.56. The number of nitrogens with zero attached hydrogens (tertiary/aromatic N) is 2. The predicted octanol–water partition coefficient (Wildman–Crippen LogP) is 5.60. The molecular formula is C25H35N3O. The first-order valence-electron chi connectivity index (χ1n) is 11.8. The molecule has 1 aromatic heterocycles. The summed E-state index contributed by atoms with van der Waals surface area (Å²) in [6.07, 6.45) is 16.9. The molecule has 156 valence electrons. The van der Waals surface area contributed by atoms with E-state index in [1.165, 1.54) is 63.5 Å². The number of hydrazone groups is 1. The predicted molar refractivity (Wildman–Crippen MR) is 115 cm³/mol. The van der Waals surface area contributed by atoms with Crippen LogP contribution in [0.4, 0.5) is 0 Å². The monoisotopic (exact) mass is 393 g/mol. The maximum absolute atomic E-state index is 12.4. The van der Waals surface area contributed by atoms with Crippen LogP contribution in [0.15, 0.2) is 29.6 Å². The summed E-state index contributed by atoms with van der Waals surface area (Å²) in [5, 5.41) is 4.69. The smallest absolute Gasteiger partial charge is 0.267 e. The number of hydrogen-bond donors (Lipinski definition) is 1. The first-order chi connectivity index (χ1) is 14.0. The molecule has 5 rings (SSSR count). The normalized spacial score (nSPS) is 42.6. The number of nitrogens with one attached hydrogen (secondary N) is 1. The van der Waals surface area contributed by atoms with E-state index in [0.717, 1.165) is 30.1 Å². The molecule has 4 saturated carbocycles. The Morgan fingerprint density at radius 2 is 1.86 bits per heavy atom. The van der Waals surface area contributed by atoms with Gasteiger partial charge in [0.1, 0.15) is 0 Å². The molecule has 0 unspecified atom stereocenters. The van der Waals surface area contributed by atoms with Gasteiger partial charge in [-0.3, -0.25) is 9.78 Å². The van der Waals surface area contributed by atoms with Gasteiger partial charge in [0.25, 0.3) is 5.91 Å². The molecule has 1 aromatic rings. The summed E-state index contributed by atoms with van der Waals surface area (Å²) in [4.78, 5) is 16.4. The van der Waals surface area contributed by atoms with Crippen LogP contribution in [0.1, 0.15) is 88.4 Å². The van der Waals surface area contributed by atoms with Gasteiger partial charge in [0.2, 0.25) is 0 Å². The average Bonchev–Trinajstić information content (AvgIpc) is 3.08. The zero-order valence-corrected chi connectivity index (χ0v) is 18.0. The van der Waals surface area contributed by atoms with Gasteiger partial charge >= 0.3 is 0 Å². The van der Waals surface area contributed by atoms with Gasteiger partial charge in [0, 0.05) is 29.1 Å². The minimum Gasteiger partial charge on any atom is -0.267 e. The lowest BCUT2D eigenvalue weighted by molar-refractivity contribution is -0.0936. The molecule has 0 bridgehead atoms. The van der Waals surface area contributed by atoms with E-state index in [9.17, 15) is 4.79 Å². The van der Waals surface area contributed by atoms with E-state index >= 15 is 0 Å². The number of aromatic nitrogens is 1. The minimum absolute atomic E-state index is 0.129. The molecule has 4 aliphatic carbocycles. The standard InChI is InChI=1S/C25H35N3O/c1-24-13-4-3-5-18(24)6-7-19-20-8-9-22(25(20,2)14-10-21(19)24)27-28-23(29)17-11-15-26-16-12-17/h11-12,15-16,18-21H,3-10,13-14H2,1-2H3,(H,28,29)/t18-,19+,20+,21+,24+,25+/m1/s1. The van der Waals surface area contributed by atoms with Crippen molar-refractivity contribution in [2.24, 2.45) is 39.6 Å². The third-order valence-corrected chi connectivity index (χ3v) is 9.56. The highest BCUT2D eigenvalue weighted by Gasteiger charge is 2.58. The van der Waals surface area contributed by atoms with Crippen molar-refractivity contribution in [3.05, 3.63) is 30.1 Å². The van der Waals surface area contributed by atoms with Crippen molar-refractivity contribution in [3.63, 3.8) is 0 Å². The summed E-state index contributed by atoms with van der Waals surface area (Å²) >= 11 is 0. The van der Waals surface area contributed by atoms with Gasteiger partial charge in [0.05, 0.1) is 0 Å². The van der Waals surface area contributed by atoms with Crippen LogP contribution in [-0.2, 0) is 0 Å². The van der Waals surface area contributed by atoms with E-state index in [2.05, 4.69) is 29.4 Å². The van der Waals surface area contributed by atoms with Gasteiger partial charge in [-0.2, -0.15) is 5.10 Å². The lowest BCUT2D eigenvalue weighted by Crippen LogP contribution is -2.52. The van der Waals surface area contributed by atoms with E-state index < -0.39 is 0 Å². The van der Waals surface area contributed by atoms with E-state index in [-0.39, 0.29) is 11.3 Å². The largest absolute Gasteiger partial charge is 0.271 e. The molecule has 0 radical (unpaired) electrons. The Labute approximate surface area is 175 Å². The number of pyridine rings is 1. The van der Waals surface area contributed by atoms with Crippen LogP contribution in [0.2, 0.25) is 0 Å².